The van der Waals surface area contributed by atoms with Gasteiger partial charge in [0, 0.05) is 29.2 Å². The molecule has 1 aromatic carbocycles. The minimum absolute atomic E-state index is 0.291. The van der Waals surface area contributed by atoms with Gasteiger partial charge in [-0.1, -0.05) is 18.6 Å². The third kappa shape index (κ3) is 3.14. The fourth-order valence-electron chi connectivity index (χ4n) is 3.40. The van der Waals surface area contributed by atoms with Crippen LogP contribution in [-0.2, 0) is 12.8 Å². The van der Waals surface area contributed by atoms with E-state index in [1.807, 2.05) is 0 Å². The molecule has 1 aromatic heterocycles. The van der Waals surface area contributed by atoms with E-state index in [-0.39, 0.29) is 0 Å². The Labute approximate surface area is 126 Å². The number of H-pyrrole nitrogens is 1. The number of aromatic nitrogens is 1. The summed E-state index contributed by atoms with van der Waals surface area (Å²) in [6.07, 6.45) is 4.33. The maximum Gasteiger partial charge on any atom is 0.0459 e. The summed E-state index contributed by atoms with van der Waals surface area (Å²) in [5.41, 5.74) is 5.54. The lowest BCUT2D eigenvalue weighted by Crippen LogP contribution is -2.37. The molecule has 0 bridgehead atoms. The van der Waals surface area contributed by atoms with Crippen LogP contribution in [0.25, 0.3) is 10.9 Å². The van der Waals surface area contributed by atoms with Crippen molar-refractivity contribution < 1.29 is 5.11 Å². The summed E-state index contributed by atoms with van der Waals surface area (Å²) in [6, 6.07) is 7.26. The third-order valence-electron chi connectivity index (χ3n) is 4.72. The van der Waals surface area contributed by atoms with E-state index in [0.29, 0.717) is 18.6 Å². The van der Waals surface area contributed by atoms with Crippen molar-refractivity contribution in [1.29, 1.82) is 0 Å². The summed E-state index contributed by atoms with van der Waals surface area (Å²) >= 11 is 0. The van der Waals surface area contributed by atoms with Gasteiger partial charge in [0.25, 0.3) is 0 Å². The van der Waals surface area contributed by atoms with Crippen molar-refractivity contribution in [3.63, 3.8) is 0 Å². The van der Waals surface area contributed by atoms with Crippen molar-refractivity contribution in [2.75, 3.05) is 13.2 Å². The second kappa shape index (κ2) is 6.20. The topological polar surface area (TPSA) is 48.0 Å². The van der Waals surface area contributed by atoms with Crippen molar-refractivity contribution in [2.45, 2.75) is 45.6 Å². The Morgan fingerprint density at radius 3 is 3.10 bits per heavy atom. The highest BCUT2D eigenvalue weighted by molar-refractivity contribution is 5.85. The van der Waals surface area contributed by atoms with Gasteiger partial charge in [0.1, 0.15) is 0 Å². The van der Waals surface area contributed by atoms with E-state index in [0.717, 1.165) is 25.8 Å². The zero-order chi connectivity index (χ0) is 14.8. The molecule has 3 N–H and O–H groups in total. The summed E-state index contributed by atoms with van der Waals surface area (Å²) in [5, 5.41) is 14.1. The van der Waals surface area contributed by atoms with Gasteiger partial charge in [0.15, 0.2) is 0 Å². The molecule has 0 radical (unpaired) electrons. The van der Waals surface area contributed by atoms with Crippen LogP contribution in [0.2, 0.25) is 0 Å². The SMILES string of the molecule is Cc1ccc2[nH]c3c(c2c1)CC(NCC(C)CCO)CC3. The van der Waals surface area contributed by atoms with E-state index in [9.17, 15) is 0 Å². The van der Waals surface area contributed by atoms with Crippen LogP contribution in [0, 0.1) is 12.8 Å². The van der Waals surface area contributed by atoms with E-state index < -0.39 is 0 Å². The van der Waals surface area contributed by atoms with E-state index in [1.165, 1.54) is 34.1 Å². The summed E-state index contributed by atoms with van der Waals surface area (Å²) in [5.74, 6) is 0.543. The first-order chi connectivity index (χ1) is 10.2. The Balaban J connectivity index is 1.72. The normalized spacial score (nSPS) is 19.7. The van der Waals surface area contributed by atoms with Crippen molar-refractivity contribution in [3.8, 4) is 0 Å². The largest absolute Gasteiger partial charge is 0.396 e. The van der Waals surface area contributed by atoms with Gasteiger partial charge in [0.2, 0.25) is 0 Å². The van der Waals surface area contributed by atoms with Crippen LogP contribution < -0.4 is 5.32 Å². The van der Waals surface area contributed by atoms with Crippen LogP contribution >= 0.6 is 0 Å². The second-order valence-corrected chi connectivity index (χ2v) is 6.60. The Morgan fingerprint density at radius 2 is 2.29 bits per heavy atom. The zero-order valence-electron chi connectivity index (χ0n) is 13.1. The van der Waals surface area contributed by atoms with Crippen LogP contribution in [0.1, 0.15) is 36.6 Å². The van der Waals surface area contributed by atoms with Gasteiger partial charge in [-0.3, -0.25) is 0 Å². The molecule has 2 unspecified atom stereocenters. The Morgan fingerprint density at radius 1 is 1.43 bits per heavy atom. The smallest absolute Gasteiger partial charge is 0.0459 e. The van der Waals surface area contributed by atoms with Crippen molar-refractivity contribution in [2.24, 2.45) is 5.92 Å². The standard InChI is InChI=1S/C18H26N2O/c1-12-3-5-17-15(9-12)16-10-14(4-6-18(16)20-17)19-11-13(2)7-8-21/h3,5,9,13-14,19-21H,4,6-8,10-11H2,1-2H3. The highest BCUT2D eigenvalue weighted by Crippen LogP contribution is 2.29. The number of nitrogens with one attached hydrogen (secondary N) is 2. The maximum absolute atomic E-state index is 8.99. The lowest BCUT2D eigenvalue weighted by Gasteiger charge is -2.25. The van der Waals surface area contributed by atoms with Crippen molar-refractivity contribution in [1.82, 2.24) is 10.3 Å². The zero-order valence-corrected chi connectivity index (χ0v) is 13.1. The first-order valence-electron chi connectivity index (χ1n) is 8.11. The molecule has 1 heterocycles. The molecule has 0 saturated heterocycles. The Bertz CT molecular complexity index is 617. The highest BCUT2D eigenvalue weighted by Gasteiger charge is 2.22. The van der Waals surface area contributed by atoms with Gasteiger partial charge in [-0.15, -0.1) is 0 Å². The Kier molecular flexibility index (Phi) is 4.32. The molecular formula is C18H26N2O. The molecule has 0 saturated carbocycles. The average Bonchev–Trinajstić information content (AvgIpc) is 2.83. The molecule has 3 nitrogen and oxygen atoms in total. The molecule has 2 atom stereocenters. The molecule has 114 valence electrons. The van der Waals surface area contributed by atoms with Gasteiger partial charge in [0.05, 0.1) is 0 Å². The van der Waals surface area contributed by atoms with E-state index in [1.54, 1.807) is 0 Å². The number of hydrogen-bond donors (Lipinski definition) is 3. The molecule has 3 heteroatoms. The molecule has 0 fully saturated rings. The fraction of sp³-hybridized carbons (Fsp3) is 0.556. The van der Waals surface area contributed by atoms with Crippen LogP contribution in [0.3, 0.4) is 0 Å². The lowest BCUT2D eigenvalue weighted by molar-refractivity contribution is 0.256. The van der Waals surface area contributed by atoms with Gasteiger partial charge in [-0.05, 0) is 62.8 Å². The number of aliphatic hydroxyl groups is 1. The maximum atomic E-state index is 8.99. The first-order valence-corrected chi connectivity index (χ1v) is 8.11. The van der Waals surface area contributed by atoms with E-state index in [4.69, 9.17) is 5.11 Å². The van der Waals surface area contributed by atoms with Gasteiger partial charge >= 0.3 is 0 Å². The number of aromatic amines is 1. The second-order valence-electron chi connectivity index (χ2n) is 6.60. The number of fused-ring (bicyclic) bond motifs is 3. The summed E-state index contributed by atoms with van der Waals surface area (Å²) in [4.78, 5) is 3.59. The van der Waals surface area contributed by atoms with Gasteiger partial charge in [-0.2, -0.15) is 0 Å². The molecule has 0 amide bonds. The minimum Gasteiger partial charge on any atom is -0.396 e. The third-order valence-corrected chi connectivity index (χ3v) is 4.72. The van der Waals surface area contributed by atoms with Crippen LogP contribution in [0.4, 0.5) is 0 Å². The Hall–Kier alpha value is -1.32. The molecule has 21 heavy (non-hydrogen) atoms. The minimum atomic E-state index is 0.291. The van der Waals surface area contributed by atoms with Crippen molar-refractivity contribution >= 4 is 10.9 Å². The molecule has 1 aliphatic carbocycles. The number of benzene rings is 1. The predicted octanol–water partition coefficient (Wildman–Crippen LogP) is 2.94. The van der Waals surface area contributed by atoms with Crippen molar-refractivity contribution in [3.05, 3.63) is 35.0 Å². The van der Waals surface area contributed by atoms with Crippen LogP contribution in [0.5, 0.6) is 0 Å². The quantitative estimate of drug-likeness (QED) is 0.791. The first kappa shape index (κ1) is 14.6. The predicted molar refractivity (Wildman–Crippen MR) is 87.7 cm³/mol. The summed E-state index contributed by atoms with van der Waals surface area (Å²) in [7, 11) is 0. The molecule has 0 aliphatic heterocycles. The fourth-order valence-corrected chi connectivity index (χ4v) is 3.40. The monoisotopic (exact) mass is 286 g/mol. The number of aryl methyl sites for hydroxylation is 2. The van der Waals surface area contributed by atoms with E-state index >= 15 is 0 Å². The molecule has 3 rings (SSSR count). The number of rotatable bonds is 5. The molecular weight excluding hydrogens is 260 g/mol. The lowest BCUT2D eigenvalue weighted by atomic mass is 9.91. The van der Waals surface area contributed by atoms with E-state index in [2.05, 4.69) is 42.3 Å². The van der Waals surface area contributed by atoms with Crippen LogP contribution in [-0.4, -0.2) is 29.3 Å². The number of aliphatic hydroxyl groups excluding tert-OH is 1. The number of hydrogen-bond acceptors (Lipinski definition) is 2. The highest BCUT2D eigenvalue weighted by atomic mass is 16.3. The van der Waals surface area contributed by atoms with Crippen LogP contribution in [0.15, 0.2) is 18.2 Å². The molecule has 2 aromatic rings. The molecule has 1 aliphatic rings. The van der Waals surface area contributed by atoms with Gasteiger partial charge in [-0.25, -0.2) is 0 Å². The summed E-state index contributed by atoms with van der Waals surface area (Å²) in [6.45, 7) is 5.65. The van der Waals surface area contributed by atoms with Gasteiger partial charge < -0.3 is 15.4 Å². The molecule has 0 spiro atoms. The average molecular weight is 286 g/mol. The summed E-state index contributed by atoms with van der Waals surface area (Å²) < 4.78 is 0.